The van der Waals surface area contributed by atoms with Gasteiger partial charge in [-0.2, -0.15) is 0 Å². The van der Waals surface area contributed by atoms with E-state index in [1.807, 2.05) is 13.8 Å². The lowest BCUT2D eigenvalue weighted by Crippen LogP contribution is -2.38. The quantitative estimate of drug-likeness (QED) is 0.334. The van der Waals surface area contributed by atoms with Crippen LogP contribution in [-0.2, 0) is 13.9 Å². The van der Waals surface area contributed by atoms with Crippen LogP contribution in [0.1, 0.15) is 20.3 Å². The highest BCUT2D eigenvalue weighted by atomic mass is 28.2. The average molecular weight is 190 g/mol. The molecule has 0 saturated carbocycles. The molecule has 0 atom stereocenters. The fourth-order valence-corrected chi connectivity index (χ4v) is 1.38. The van der Waals surface area contributed by atoms with Gasteiger partial charge >= 0.3 is 0 Å². The molecule has 0 rings (SSSR count). The van der Waals surface area contributed by atoms with E-state index in [0.29, 0.717) is 30.1 Å². The highest BCUT2D eigenvalue weighted by Gasteiger charge is 2.28. The molecule has 0 aromatic carbocycles. The lowest BCUT2D eigenvalue weighted by atomic mass is 10.3. The lowest BCUT2D eigenvalue weighted by molar-refractivity contribution is -0.338. The molecule has 0 heterocycles. The molecule has 0 bridgehead atoms. The highest BCUT2D eigenvalue weighted by molar-refractivity contribution is 5.98. The van der Waals surface area contributed by atoms with E-state index in [4.69, 9.17) is 13.9 Å². The molecule has 4 heteroatoms. The first-order valence-electron chi connectivity index (χ1n) is 4.18. The Hall–Kier alpha value is -0.163. The summed E-state index contributed by atoms with van der Waals surface area (Å²) in [6.45, 7) is 8.62. The molecule has 0 aliphatic heterocycles. The molecule has 12 heavy (non-hydrogen) atoms. The third kappa shape index (κ3) is 3.49. The molecule has 0 aromatic rings. The van der Waals surface area contributed by atoms with Crippen molar-refractivity contribution >= 4 is 10.5 Å². The van der Waals surface area contributed by atoms with E-state index in [2.05, 4.69) is 6.58 Å². The minimum atomic E-state index is -0.864. The standard InChI is InChI=1S/C8H18O3Si/c1-4-7-8(11-12,9-5-2)10-6-3/h4H,1,5-7H2,2-3,12H3. The van der Waals surface area contributed by atoms with Crippen molar-refractivity contribution in [3.8, 4) is 0 Å². The van der Waals surface area contributed by atoms with Crippen molar-refractivity contribution in [3.05, 3.63) is 12.7 Å². The van der Waals surface area contributed by atoms with Crippen LogP contribution in [0.15, 0.2) is 12.7 Å². The van der Waals surface area contributed by atoms with Crippen LogP contribution < -0.4 is 0 Å². The van der Waals surface area contributed by atoms with Gasteiger partial charge in [0.25, 0.3) is 5.97 Å². The predicted molar refractivity (Wildman–Crippen MR) is 51.8 cm³/mol. The maximum Gasteiger partial charge on any atom is 0.276 e. The Labute approximate surface area is 77.2 Å². The van der Waals surface area contributed by atoms with Gasteiger partial charge in [0.2, 0.25) is 0 Å². The summed E-state index contributed by atoms with van der Waals surface area (Å²) in [6, 6.07) is 0. The molecule has 0 unspecified atom stereocenters. The number of rotatable bonds is 7. The van der Waals surface area contributed by atoms with E-state index in [9.17, 15) is 0 Å². The first-order valence-corrected chi connectivity index (χ1v) is 5.00. The predicted octanol–water partition coefficient (Wildman–Crippen LogP) is 0.586. The molecule has 0 spiro atoms. The van der Waals surface area contributed by atoms with Crippen molar-refractivity contribution in [1.29, 1.82) is 0 Å². The van der Waals surface area contributed by atoms with E-state index in [0.717, 1.165) is 0 Å². The summed E-state index contributed by atoms with van der Waals surface area (Å²) in [5, 5.41) is 0. The molecule has 0 fully saturated rings. The SMILES string of the molecule is C=CCC(O[SiH3])(OCC)OCC. The van der Waals surface area contributed by atoms with Gasteiger partial charge < -0.3 is 13.9 Å². The smallest absolute Gasteiger partial charge is 0.276 e. The zero-order chi connectivity index (χ0) is 9.45. The van der Waals surface area contributed by atoms with Crippen molar-refractivity contribution in [1.82, 2.24) is 0 Å². The van der Waals surface area contributed by atoms with Gasteiger partial charge in [-0.05, 0) is 13.8 Å². The molecular formula is C8H18O3Si. The first-order chi connectivity index (χ1) is 5.74. The molecule has 0 N–H and O–H groups in total. The van der Waals surface area contributed by atoms with Crippen LogP contribution in [0.2, 0.25) is 0 Å². The van der Waals surface area contributed by atoms with Crippen molar-refractivity contribution in [2.45, 2.75) is 26.2 Å². The Balaban J connectivity index is 4.15. The molecule has 0 aromatic heterocycles. The third-order valence-corrected chi connectivity index (χ3v) is 2.06. The topological polar surface area (TPSA) is 27.7 Å². The minimum absolute atomic E-state index is 0.568. The number of hydrogen-bond acceptors (Lipinski definition) is 3. The molecule has 0 aliphatic carbocycles. The van der Waals surface area contributed by atoms with E-state index < -0.39 is 5.97 Å². The van der Waals surface area contributed by atoms with Gasteiger partial charge in [-0.25, -0.2) is 0 Å². The molecule has 0 radical (unpaired) electrons. The fourth-order valence-electron chi connectivity index (χ4n) is 0.977. The Morgan fingerprint density at radius 1 is 1.33 bits per heavy atom. The maximum atomic E-state index is 5.38. The summed E-state index contributed by atoms with van der Waals surface area (Å²) in [7, 11) is 0.591. The molecular weight excluding hydrogens is 172 g/mol. The lowest BCUT2D eigenvalue weighted by Gasteiger charge is -2.30. The maximum absolute atomic E-state index is 5.38. The summed E-state index contributed by atoms with van der Waals surface area (Å²) in [5.74, 6) is -0.864. The Bertz CT molecular complexity index is 121. The summed E-state index contributed by atoms with van der Waals surface area (Å²) < 4.78 is 16.0. The monoisotopic (exact) mass is 190 g/mol. The van der Waals surface area contributed by atoms with Gasteiger partial charge in [0.05, 0.1) is 0 Å². The van der Waals surface area contributed by atoms with Gasteiger partial charge in [-0.3, -0.25) is 0 Å². The molecule has 0 aliphatic rings. The van der Waals surface area contributed by atoms with Crippen molar-refractivity contribution < 1.29 is 13.9 Å². The van der Waals surface area contributed by atoms with Crippen LogP contribution in [0.3, 0.4) is 0 Å². The third-order valence-electron chi connectivity index (χ3n) is 1.43. The van der Waals surface area contributed by atoms with Crippen LogP contribution in [0.5, 0.6) is 0 Å². The largest absolute Gasteiger partial charge is 0.380 e. The van der Waals surface area contributed by atoms with Crippen LogP contribution >= 0.6 is 0 Å². The van der Waals surface area contributed by atoms with Crippen molar-refractivity contribution in [2.24, 2.45) is 0 Å². The number of hydrogen-bond donors (Lipinski definition) is 0. The number of ether oxygens (including phenoxy) is 2. The van der Waals surface area contributed by atoms with Gasteiger partial charge in [-0.1, -0.05) is 6.08 Å². The summed E-state index contributed by atoms with van der Waals surface area (Å²) in [4.78, 5) is 0. The summed E-state index contributed by atoms with van der Waals surface area (Å²) in [6.07, 6.45) is 2.31. The van der Waals surface area contributed by atoms with E-state index in [-0.39, 0.29) is 0 Å². The van der Waals surface area contributed by atoms with Crippen LogP contribution in [0.25, 0.3) is 0 Å². The minimum Gasteiger partial charge on any atom is -0.380 e. The summed E-state index contributed by atoms with van der Waals surface area (Å²) in [5.41, 5.74) is 0. The first kappa shape index (κ1) is 11.8. The zero-order valence-electron chi connectivity index (χ0n) is 8.13. The Morgan fingerprint density at radius 2 is 1.83 bits per heavy atom. The van der Waals surface area contributed by atoms with E-state index in [1.54, 1.807) is 6.08 Å². The second-order valence-electron chi connectivity index (χ2n) is 2.25. The van der Waals surface area contributed by atoms with E-state index >= 15 is 0 Å². The van der Waals surface area contributed by atoms with Crippen LogP contribution in [-0.4, -0.2) is 29.7 Å². The average Bonchev–Trinajstić information content (AvgIpc) is 2.06. The van der Waals surface area contributed by atoms with Gasteiger partial charge in [-0.15, -0.1) is 6.58 Å². The molecule has 3 nitrogen and oxygen atoms in total. The molecule has 0 amide bonds. The van der Waals surface area contributed by atoms with Gasteiger partial charge in [0.15, 0.2) is 10.5 Å². The second kappa shape index (κ2) is 6.36. The fraction of sp³-hybridized carbons (Fsp3) is 0.750. The van der Waals surface area contributed by atoms with E-state index in [1.165, 1.54) is 0 Å². The van der Waals surface area contributed by atoms with Crippen LogP contribution in [0, 0.1) is 0 Å². The summed E-state index contributed by atoms with van der Waals surface area (Å²) >= 11 is 0. The van der Waals surface area contributed by atoms with Crippen molar-refractivity contribution in [3.63, 3.8) is 0 Å². The Kier molecular flexibility index (Phi) is 6.28. The van der Waals surface area contributed by atoms with Gasteiger partial charge in [0, 0.05) is 19.6 Å². The van der Waals surface area contributed by atoms with Gasteiger partial charge in [0.1, 0.15) is 0 Å². The Morgan fingerprint density at radius 3 is 2.08 bits per heavy atom. The normalized spacial score (nSPS) is 11.8. The molecule has 0 saturated heterocycles. The second-order valence-corrected chi connectivity index (χ2v) is 2.65. The van der Waals surface area contributed by atoms with Crippen molar-refractivity contribution in [2.75, 3.05) is 13.2 Å². The zero-order valence-corrected chi connectivity index (χ0v) is 10.1. The molecule has 72 valence electrons. The van der Waals surface area contributed by atoms with Crippen LogP contribution in [0.4, 0.5) is 0 Å². The highest BCUT2D eigenvalue weighted by Crippen LogP contribution is 2.18.